The van der Waals surface area contributed by atoms with Crippen LogP contribution in [0.5, 0.6) is 5.75 Å². The van der Waals surface area contributed by atoms with Gasteiger partial charge in [-0.2, -0.15) is 0 Å². The summed E-state index contributed by atoms with van der Waals surface area (Å²) in [7, 11) is 0. The molecule has 2 aromatic rings. The Kier molecular flexibility index (Phi) is 4.65. The van der Waals surface area contributed by atoms with Crippen LogP contribution in [-0.2, 0) is 17.6 Å². The maximum absolute atomic E-state index is 12.2. The first kappa shape index (κ1) is 15.6. The zero-order valence-electron chi connectivity index (χ0n) is 13.8. The van der Waals surface area contributed by atoms with Crippen molar-refractivity contribution in [3.63, 3.8) is 0 Å². The normalized spacial score (nSPS) is 13.3. The van der Waals surface area contributed by atoms with Crippen molar-refractivity contribution in [3.8, 4) is 5.75 Å². The van der Waals surface area contributed by atoms with Crippen LogP contribution in [0.3, 0.4) is 0 Å². The molecule has 0 fully saturated rings. The van der Waals surface area contributed by atoms with Crippen LogP contribution < -0.4 is 10.1 Å². The number of rotatable bonds is 4. The summed E-state index contributed by atoms with van der Waals surface area (Å²) in [4.78, 5) is 12.2. The third-order valence-corrected chi connectivity index (χ3v) is 4.59. The summed E-state index contributed by atoms with van der Waals surface area (Å²) < 4.78 is 5.80. The largest absolute Gasteiger partial charge is 0.483 e. The quantitative estimate of drug-likeness (QED) is 0.919. The number of amides is 1. The van der Waals surface area contributed by atoms with Crippen LogP contribution in [0.25, 0.3) is 0 Å². The van der Waals surface area contributed by atoms with Gasteiger partial charge in [0.25, 0.3) is 5.91 Å². The number of benzene rings is 2. The molecule has 1 aliphatic rings. The fraction of sp³-hybridized carbons (Fsp3) is 0.350. The SMILES string of the molecule is Cc1cccc(NC(=O)COc2cccc3c2CCCC3)c1C. The second-order valence-electron chi connectivity index (χ2n) is 6.19. The molecule has 1 N–H and O–H groups in total. The van der Waals surface area contributed by atoms with Gasteiger partial charge in [0.1, 0.15) is 5.75 Å². The van der Waals surface area contributed by atoms with Crippen LogP contribution in [-0.4, -0.2) is 12.5 Å². The molecule has 3 heteroatoms. The Labute approximate surface area is 137 Å². The van der Waals surface area contributed by atoms with E-state index in [-0.39, 0.29) is 12.5 Å². The minimum absolute atomic E-state index is 0.0455. The Morgan fingerprint density at radius 3 is 2.74 bits per heavy atom. The van der Waals surface area contributed by atoms with Gasteiger partial charge in [-0.3, -0.25) is 4.79 Å². The number of aryl methyl sites for hydroxylation is 2. The Balaban J connectivity index is 1.65. The Morgan fingerprint density at radius 1 is 1.09 bits per heavy atom. The van der Waals surface area contributed by atoms with Crippen molar-refractivity contribution in [2.24, 2.45) is 0 Å². The van der Waals surface area contributed by atoms with E-state index in [1.165, 1.54) is 29.5 Å². The van der Waals surface area contributed by atoms with Gasteiger partial charge in [0, 0.05) is 5.69 Å². The van der Waals surface area contributed by atoms with Gasteiger partial charge < -0.3 is 10.1 Å². The number of ether oxygens (including phenoxy) is 1. The number of hydrogen-bond donors (Lipinski definition) is 1. The van der Waals surface area contributed by atoms with Gasteiger partial charge in [-0.25, -0.2) is 0 Å². The summed E-state index contributed by atoms with van der Waals surface area (Å²) >= 11 is 0. The van der Waals surface area contributed by atoms with E-state index in [4.69, 9.17) is 4.74 Å². The molecular weight excluding hydrogens is 286 g/mol. The number of carbonyl (C=O) groups excluding carboxylic acids is 1. The van der Waals surface area contributed by atoms with Crippen molar-refractivity contribution < 1.29 is 9.53 Å². The second-order valence-corrected chi connectivity index (χ2v) is 6.19. The summed E-state index contributed by atoms with van der Waals surface area (Å²) in [6, 6.07) is 12.1. The third-order valence-electron chi connectivity index (χ3n) is 4.59. The topological polar surface area (TPSA) is 38.3 Å². The van der Waals surface area contributed by atoms with Crippen molar-refractivity contribution in [1.82, 2.24) is 0 Å². The molecule has 0 aliphatic heterocycles. The predicted octanol–water partition coefficient (Wildman–Crippen LogP) is 4.20. The number of hydrogen-bond acceptors (Lipinski definition) is 2. The second kappa shape index (κ2) is 6.86. The monoisotopic (exact) mass is 309 g/mol. The zero-order valence-corrected chi connectivity index (χ0v) is 13.8. The van der Waals surface area contributed by atoms with Crippen molar-refractivity contribution in [2.45, 2.75) is 39.5 Å². The summed E-state index contributed by atoms with van der Waals surface area (Å²) in [5, 5.41) is 2.94. The molecule has 3 rings (SSSR count). The number of fused-ring (bicyclic) bond motifs is 1. The lowest BCUT2D eigenvalue weighted by atomic mass is 9.91. The molecule has 1 aliphatic carbocycles. The summed E-state index contributed by atoms with van der Waals surface area (Å²) in [5.74, 6) is 0.741. The van der Waals surface area contributed by atoms with Crippen LogP contribution >= 0.6 is 0 Å². The highest BCUT2D eigenvalue weighted by Gasteiger charge is 2.15. The summed E-state index contributed by atoms with van der Waals surface area (Å²) in [6.45, 7) is 4.10. The van der Waals surface area contributed by atoms with Gasteiger partial charge in [-0.15, -0.1) is 0 Å². The molecule has 0 unspecified atom stereocenters. The molecule has 120 valence electrons. The third kappa shape index (κ3) is 3.55. The molecule has 1 amide bonds. The van der Waals surface area contributed by atoms with E-state index in [1.54, 1.807) is 0 Å². The van der Waals surface area contributed by atoms with E-state index >= 15 is 0 Å². The lowest BCUT2D eigenvalue weighted by Gasteiger charge is -2.19. The first-order valence-corrected chi connectivity index (χ1v) is 8.25. The smallest absolute Gasteiger partial charge is 0.262 e. The number of anilines is 1. The molecule has 0 radical (unpaired) electrons. The maximum Gasteiger partial charge on any atom is 0.262 e. The van der Waals surface area contributed by atoms with Crippen molar-refractivity contribution in [2.75, 3.05) is 11.9 Å². The molecule has 23 heavy (non-hydrogen) atoms. The Morgan fingerprint density at radius 2 is 1.87 bits per heavy atom. The van der Waals surface area contributed by atoms with Gasteiger partial charge in [0.2, 0.25) is 0 Å². The molecular formula is C20H23NO2. The molecule has 3 nitrogen and oxygen atoms in total. The molecule has 0 atom stereocenters. The first-order chi connectivity index (χ1) is 11.1. The molecule has 0 heterocycles. The van der Waals surface area contributed by atoms with Gasteiger partial charge >= 0.3 is 0 Å². The van der Waals surface area contributed by atoms with Crippen molar-refractivity contribution in [1.29, 1.82) is 0 Å². The van der Waals surface area contributed by atoms with E-state index < -0.39 is 0 Å². The highest BCUT2D eigenvalue weighted by molar-refractivity contribution is 5.92. The van der Waals surface area contributed by atoms with E-state index in [1.807, 2.05) is 44.2 Å². The average molecular weight is 309 g/mol. The highest BCUT2D eigenvalue weighted by atomic mass is 16.5. The van der Waals surface area contributed by atoms with Crippen LogP contribution in [0.15, 0.2) is 36.4 Å². The summed E-state index contributed by atoms with van der Waals surface area (Å²) in [6.07, 6.45) is 4.59. The van der Waals surface area contributed by atoms with Crippen molar-refractivity contribution in [3.05, 3.63) is 58.7 Å². The van der Waals surface area contributed by atoms with Gasteiger partial charge in [-0.05, 0) is 73.9 Å². The van der Waals surface area contributed by atoms with E-state index in [0.717, 1.165) is 29.8 Å². The molecule has 2 aromatic carbocycles. The molecule has 0 saturated heterocycles. The minimum atomic E-state index is -0.118. The molecule has 0 aromatic heterocycles. The van der Waals surface area contributed by atoms with Gasteiger partial charge in [0.05, 0.1) is 0 Å². The maximum atomic E-state index is 12.2. The number of carbonyl (C=O) groups is 1. The Hall–Kier alpha value is -2.29. The predicted molar refractivity (Wildman–Crippen MR) is 93.1 cm³/mol. The fourth-order valence-electron chi connectivity index (χ4n) is 3.10. The lowest BCUT2D eigenvalue weighted by molar-refractivity contribution is -0.118. The Bertz CT molecular complexity index is 722. The van der Waals surface area contributed by atoms with E-state index in [2.05, 4.69) is 11.4 Å². The van der Waals surface area contributed by atoms with Crippen LogP contribution in [0, 0.1) is 13.8 Å². The first-order valence-electron chi connectivity index (χ1n) is 8.25. The minimum Gasteiger partial charge on any atom is -0.483 e. The number of nitrogens with one attached hydrogen (secondary N) is 1. The van der Waals surface area contributed by atoms with E-state index in [9.17, 15) is 4.79 Å². The van der Waals surface area contributed by atoms with Crippen LogP contribution in [0.4, 0.5) is 5.69 Å². The summed E-state index contributed by atoms with van der Waals surface area (Å²) in [5.41, 5.74) is 5.76. The molecule has 0 spiro atoms. The molecule has 0 saturated carbocycles. The fourth-order valence-corrected chi connectivity index (χ4v) is 3.10. The molecule has 0 bridgehead atoms. The van der Waals surface area contributed by atoms with Gasteiger partial charge in [-0.1, -0.05) is 24.3 Å². The van der Waals surface area contributed by atoms with Crippen LogP contribution in [0.2, 0.25) is 0 Å². The average Bonchev–Trinajstić information content (AvgIpc) is 2.57. The van der Waals surface area contributed by atoms with Gasteiger partial charge in [0.15, 0.2) is 6.61 Å². The van der Waals surface area contributed by atoms with E-state index in [0.29, 0.717) is 0 Å². The van der Waals surface area contributed by atoms with Crippen LogP contribution in [0.1, 0.15) is 35.1 Å². The zero-order chi connectivity index (χ0) is 16.2. The van der Waals surface area contributed by atoms with Crippen molar-refractivity contribution >= 4 is 11.6 Å². The highest BCUT2D eigenvalue weighted by Crippen LogP contribution is 2.29. The standard InChI is InChI=1S/C20H23NO2/c1-14-7-5-11-18(15(14)2)21-20(22)13-23-19-12-6-9-16-8-3-4-10-17(16)19/h5-7,9,11-12H,3-4,8,10,13H2,1-2H3,(H,21,22). The lowest BCUT2D eigenvalue weighted by Crippen LogP contribution is -2.21.